The molecule has 0 bridgehead atoms. The van der Waals surface area contributed by atoms with Crippen molar-refractivity contribution in [3.63, 3.8) is 0 Å². The molecule has 2 rings (SSSR count). The molecule has 0 unspecified atom stereocenters. The van der Waals surface area contributed by atoms with Crippen LogP contribution in [-0.2, 0) is 14.3 Å². The lowest BCUT2D eigenvalue weighted by atomic mass is 10.2. The highest BCUT2D eigenvalue weighted by atomic mass is 16.6. The van der Waals surface area contributed by atoms with Gasteiger partial charge in [0.15, 0.2) is 5.75 Å². The first-order chi connectivity index (χ1) is 11.5. The van der Waals surface area contributed by atoms with E-state index < -0.39 is 28.2 Å². The Labute approximate surface area is 136 Å². The summed E-state index contributed by atoms with van der Waals surface area (Å²) in [4.78, 5) is 33.0. The third kappa shape index (κ3) is 4.74. The van der Waals surface area contributed by atoms with E-state index in [1.807, 2.05) is 5.43 Å². The van der Waals surface area contributed by atoms with E-state index in [4.69, 9.17) is 4.74 Å². The van der Waals surface area contributed by atoms with Crippen molar-refractivity contribution in [2.45, 2.75) is 18.9 Å². The van der Waals surface area contributed by atoms with Crippen molar-refractivity contribution in [2.24, 2.45) is 5.10 Å². The number of amides is 2. The highest BCUT2D eigenvalue weighted by Crippen LogP contribution is 2.25. The fourth-order valence-corrected chi connectivity index (χ4v) is 2.08. The molecule has 10 nitrogen and oxygen atoms in total. The van der Waals surface area contributed by atoms with Gasteiger partial charge in [0, 0.05) is 24.8 Å². The Hall–Kier alpha value is -3.01. The van der Waals surface area contributed by atoms with Crippen LogP contribution in [-0.4, -0.2) is 47.3 Å². The van der Waals surface area contributed by atoms with Gasteiger partial charge in [-0.3, -0.25) is 19.7 Å². The van der Waals surface area contributed by atoms with Crippen molar-refractivity contribution in [3.8, 4) is 5.75 Å². The lowest BCUT2D eigenvalue weighted by molar-refractivity contribution is -0.385. The summed E-state index contributed by atoms with van der Waals surface area (Å²) < 4.78 is 5.31. The van der Waals surface area contributed by atoms with E-state index in [1.165, 1.54) is 6.07 Å². The standard InChI is InChI=1S/C14H16N4O6/c19-12-4-3-9(6-11(12)18(22)23)7-16-17-14(21)13(20)15-8-10-2-1-5-24-10/h3-4,6-7,10,19H,1-2,5,8H2,(H,15,20)(H,17,21)/b16-7-/t10-/m1/s1. The molecule has 0 radical (unpaired) electrons. The summed E-state index contributed by atoms with van der Waals surface area (Å²) >= 11 is 0. The number of hydrogen-bond donors (Lipinski definition) is 3. The molecule has 0 aliphatic carbocycles. The van der Waals surface area contributed by atoms with Gasteiger partial charge in [-0.05, 0) is 25.0 Å². The second-order valence-corrected chi connectivity index (χ2v) is 5.05. The van der Waals surface area contributed by atoms with E-state index in [9.17, 15) is 24.8 Å². The highest BCUT2D eigenvalue weighted by Gasteiger charge is 2.19. The van der Waals surface area contributed by atoms with Crippen LogP contribution in [0, 0.1) is 10.1 Å². The predicted octanol–water partition coefficient (Wildman–Crippen LogP) is 0.0457. The molecule has 24 heavy (non-hydrogen) atoms. The molecule has 1 saturated heterocycles. The Bertz CT molecular complexity index is 669. The minimum absolute atomic E-state index is 0.0807. The second kappa shape index (κ2) is 8.02. The SMILES string of the molecule is O=C(NC[C@H]1CCCO1)C(=O)N/N=C\c1ccc(O)c([N+](=O)[O-])c1. The molecular formula is C14H16N4O6. The van der Waals surface area contributed by atoms with E-state index in [0.29, 0.717) is 6.61 Å². The number of nitrogens with zero attached hydrogens (tertiary/aromatic N) is 2. The summed E-state index contributed by atoms with van der Waals surface area (Å²) in [6.45, 7) is 0.899. The number of carbonyl (C=O) groups excluding carboxylic acids is 2. The van der Waals surface area contributed by atoms with Gasteiger partial charge in [0.2, 0.25) is 0 Å². The zero-order valence-corrected chi connectivity index (χ0v) is 12.6. The smallest absolute Gasteiger partial charge is 0.329 e. The van der Waals surface area contributed by atoms with Crippen molar-refractivity contribution < 1.29 is 24.4 Å². The van der Waals surface area contributed by atoms with Gasteiger partial charge in [-0.1, -0.05) is 0 Å². The summed E-state index contributed by atoms with van der Waals surface area (Å²) in [5, 5.41) is 26.0. The first-order valence-electron chi connectivity index (χ1n) is 7.17. The maximum atomic E-state index is 11.6. The van der Waals surface area contributed by atoms with Crippen LogP contribution in [0.1, 0.15) is 18.4 Å². The fourth-order valence-electron chi connectivity index (χ4n) is 2.08. The summed E-state index contributed by atoms with van der Waals surface area (Å²) in [5.41, 5.74) is 1.81. The van der Waals surface area contributed by atoms with E-state index in [2.05, 4.69) is 10.4 Å². The first kappa shape index (κ1) is 17.3. The van der Waals surface area contributed by atoms with E-state index >= 15 is 0 Å². The minimum atomic E-state index is -0.961. The number of phenols is 1. The van der Waals surface area contributed by atoms with Crippen LogP contribution in [0.4, 0.5) is 5.69 Å². The number of benzene rings is 1. The lowest BCUT2D eigenvalue weighted by Crippen LogP contribution is -2.41. The normalized spacial score (nSPS) is 16.9. The maximum absolute atomic E-state index is 11.6. The molecule has 0 saturated carbocycles. The van der Waals surface area contributed by atoms with Crippen molar-refractivity contribution in [1.82, 2.24) is 10.7 Å². The number of nitro groups is 1. The lowest BCUT2D eigenvalue weighted by Gasteiger charge is -2.09. The van der Waals surface area contributed by atoms with Gasteiger partial charge in [-0.15, -0.1) is 0 Å². The number of rotatable bonds is 5. The van der Waals surface area contributed by atoms with Crippen LogP contribution < -0.4 is 10.7 Å². The Balaban J connectivity index is 1.84. The van der Waals surface area contributed by atoms with Crippen LogP contribution in [0.3, 0.4) is 0 Å². The molecule has 10 heteroatoms. The third-order valence-electron chi connectivity index (χ3n) is 3.30. The quantitative estimate of drug-likeness (QED) is 0.300. The predicted molar refractivity (Wildman–Crippen MR) is 82.5 cm³/mol. The van der Waals surface area contributed by atoms with E-state index in [1.54, 1.807) is 0 Å². The molecule has 1 heterocycles. The second-order valence-electron chi connectivity index (χ2n) is 5.05. The van der Waals surface area contributed by atoms with Crippen molar-refractivity contribution in [2.75, 3.05) is 13.2 Å². The maximum Gasteiger partial charge on any atom is 0.329 e. The largest absolute Gasteiger partial charge is 0.502 e. The van der Waals surface area contributed by atoms with Crippen LogP contribution in [0.2, 0.25) is 0 Å². The Kier molecular flexibility index (Phi) is 5.79. The van der Waals surface area contributed by atoms with Crippen molar-refractivity contribution in [3.05, 3.63) is 33.9 Å². The van der Waals surface area contributed by atoms with Gasteiger partial charge in [0.05, 0.1) is 17.2 Å². The monoisotopic (exact) mass is 336 g/mol. The highest BCUT2D eigenvalue weighted by molar-refractivity contribution is 6.35. The summed E-state index contributed by atoms with van der Waals surface area (Å²) in [6.07, 6.45) is 2.80. The molecule has 0 aromatic heterocycles. The minimum Gasteiger partial charge on any atom is -0.502 e. The van der Waals surface area contributed by atoms with Crippen LogP contribution in [0.5, 0.6) is 5.75 Å². The number of phenolic OH excluding ortho intramolecular Hbond substituents is 1. The average Bonchev–Trinajstić information content (AvgIpc) is 3.07. The zero-order valence-electron chi connectivity index (χ0n) is 12.6. The Morgan fingerprint density at radius 1 is 1.46 bits per heavy atom. The van der Waals surface area contributed by atoms with Crippen molar-refractivity contribution >= 4 is 23.7 Å². The van der Waals surface area contributed by atoms with Gasteiger partial charge in [0.1, 0.15) is 0 Å². The molecule has 1 aliphatic heterocycles. The molecule has 3 N–H and O–H groups in total. The van der Waals surface area contributed by atoms with E-state index in [0.717, 1.165) is 31.2 Å². The first-order valence-corrected chi connectivity index (χ1v) is 7.17. The van der Waals surface area contributed by atoms with Crippen LogP contribution in [0.25, 0.3) is 0 Å². The molecule has 1 aliphatic rings. The van der Waals surface area contributed by atoms with Gasteiger partial charge < -0.3 is 15.2 Å². The molecule has 1 fully saturated rings. The molecule has 128 valence electrons. The molecule has 0 spiro atoms. The molecule has 2 amide bonds. The Morgan fingerprint density at radius 2 is 2.25 bits per heavy atom. The van der Waals surface area contributed by atoms with Gasteiger partial charge in [-0.25, -0.2) is 5.43 Å². The average molecular weight is 336 g/mol. The fraction of sp³-hybridized carbons (Fsp3) is 0.357. The summed E-state index contributed by atoms with van der Waals surface area (Å²) in [6, 6.07) is 3.59. The van der Waals surface area contributed by atoms with Crippen LogP contribution in [0.15, 0.2) is 23.3 Å². The summed E-state index contributed by atoms with van der Waals surface area (Å²) in [7, 11) is 0. The number of carbonyl (C=O) groups is 2. The van der Waals surface area contributed by atoms with Gasteiger partial charge in [0.25, 0.3) is 0 Å². The zero-order chi connectivity index (χ0) is 17.5. The summed E-state index contributed by atoms with van der Waals surface area (Å²) in [5.74, 6) is -2.29. The molecule has 1 atom stereocenters. The number of nitrogens with one attached hydrogen (secondary N) is 2. The van der Waals surface area contributed by atoms with Gasteiger partial charge >= 0.3 is 17.5 Å². The molecular weight excluding hydrogens is 320 g/mol. The number of hydrogen-bond acceptors (Lipinski definition) is 7. The topological polar surface area (TPSA) is 143 Å². The third-order valence-corrected chi connectivity index (χ3v) is 3.30. The molecule has 1 aromatic rings. The van der Waals surface area contributed by atoms with Crippen molar-refractivity contribution in [1.29, 1.82) is 0 Å². The number of ether oxygens (including phenoxy) is 1. The number of nitro benzene ring substituents is 1. The number of hydrazone groups is 1. The Morgan fingerprint density at radius 3 is 2.92 bits per heavy atom. The van der Waals surface area contributed by atoms with E-state index in [-0.39, 0.29) is 18.2 Å². The number of aromatic hydroxyl groups is 1. The molecule has 1 aromatic carbocycles. The van der Waals surface area contributed by atoms with Gasteiger partial charge in [-0.2, -0.15) is 5.10 Å². The van der Waals surface area contributed by atoms with Crippen LogP contribution >= 0.6 is 0 Å².